The van der Waals surface area contributed by atoms with E-state index in [1.165, 1.54) is 33.3 Å². The number of H-pyrrole nitrogens is 1. The summed E-state index contributed by atoms with van der Waals surface area (Å²) in [5, 5.41) is 1.32. The number of benzene rings is 2. The predicted octanol–water partition coefficient (Wildman–Crippen LogP) is 4.08. The van der Waals surface area contributed by atoms with Gasteiger partial charge in [-0.1, -0.05) is 36.4 Å². The van der Waals surface area contributed by atoms with Crippen LogP contribution in [0.2, 0.25) is 0 Å². The second-order valence-electron chi connectivity index (χ2n) is 6.43. The maximum atomic E-state index is 3.58. The first-order chi connectivity index (χ1) is 10.8. The maximum Gasteiger partial charge on any atom is 0.0459 e. The summed E-state index contributed by atoms with van der Waals surface area (Å²) >= 11 is 0. The molecule has 1 N–H and O–H groups in total. The number of aromatic amines is 1. The minimum absolute atomic E-state index is 1.02. The van der Waals surface area contributed by atoms with Crippen molar-refractivity contribution in [1.29, 1.82) is 0 Å². The molecule has 0 saturated carbocycles. The number of nitrogens with one attached hydrogen (secondary N) is 1. The van der Waals surface area contributed by atoms with Gasteiger partial charge in [0.25, 0.3) is 0 Å². The highest BCUT2D eigenvalue weighted by Gasteiger charge is 2.14. The molecule has 3 aromatic rings. The van der Waals surface area contributed by atoms with Gasteiger partial charge in [0.05, 0.1) is 0 Å². The summed E-state index contributed by atoms with van der Waals surface area (Å²) in [4.78, 5) is 6.15. The molecule has 2 heteroatoms. The van der Waals surface area contributed by atoms with E-state index in [4.69, 9.17) is 0 Å². The van der Waals surface area contributed by atoms with Crippen LogP contribution in [0.5, 0.6) is 0 Å². The number of aromatic nitrogens is 1. The summed E-state index contributed by atoms with van der Waals surface area (Å²) < 4.78 is 0. The van der Waals surface area contributed by atoms with Gasteiger partial charge in [0.15, 0.2) is 0 Å². The second kappa shape index (κ2) is 5.62. The molecule has 22 heavy (non-hydrogen) atoms. The average Bonchev–Trinajstić information content (AvgIpc) is 2.80. The van der Waals surface area contributed by atoms with Crippen LogP contribution in [0.15, 0.2) is 48.5 Å². The lowest BCUT2D eigenvalue weighted by atomic mass is 10.0. The third kappa shape index (κ3) is 2.67. The highest BCUT2D eigenvalue weighted by molar-refractivity contribution is 5.81. The molecule has 0 spiro atoms. The van der Waals surface area contributed by atoms with Crippen molar-refractivity contribution in [3.05, 3.63) is 70.9 Å². The SMILES string of the molecule is Cc1ccc2cc(CN3CCc4ccccc4CC3)[nH]c2c1. The van der Waals surface area contributed by atoms with Crippen molar-refractivity contribution in [2.75, 3.05) is 13.1 Å². The van der Waals surface area contributed by atoms with Crippen LogP contribution in [0.25, 0.3) is 10.9 Å². The maximum absolute atomic E-state index is 3.58. The van der Waals surface area contributed by atoms with E-state index in [0.29, 0.717) is 0 Å². The molecular formula is C20H22N2. The molecule has 0 fully saturated rings. The summed E-state index contributed by atoms with van der Waals surface area (Å²) in [5.41, 5.74) is 6.94. The van der Waals surface area contributed by atoms with Crippen LogP contribution in [0.3, 0.4) is 0 Å². The Balaban J connectivity index is 1.51. The molecule has 0 unspecified atom stereocenters. The number of rotatable bonds is 2. The van der Waals surface area contributed by atoms with Gasteiger partial charge in [-0.15, -0.1) is 0 Å². The second-order valence-corrected chi connectivity index (χ2v) is 6.43. The Morgan fingerprint density at radius 1 is 0.955 bits per heavy atom. The van der Waals surface area contributed by atoms with Gasteiger partial charge in [-0.05, 0) is 54.0 Å². The molecule has 0 aliphatic carbocycles. The molecule has 1 aromatic heterocycles. The summed E-state index contributed by atoms with van der Waals surface area (Å²) in [6, 6.07) is 17.8. The van der Waals surface area contributed by atoms with Gasteiger partial charge in [0.2, 0.25) is 0 Å². The molecule has 112 valence electrons. The molecule has 0 radical (unpaired) electrons. The summed E-state index contributed by atoms with van der Waals surface area (Å²) in [6.45, 7) is 5.45. The largest absolute Gasteiger partial charge is 0.357 e. The average molecular weight is 290 g/mol. The fraction of sp³-hybridized carbons (Fsp3) is 0.300. The van der Waals surface area contributed by atoms with Crippen molar-refractivity contribution >= 4 is 10.9 Å². The van der Waals surface area contributed by atoms with Gasteiger partial charge in [-0.2, -0.15) is 0 Å². The minimum atomic E-state index is 1.02. The first-order valence-electron chi connectivity index (χ1n) is 8.15. The summed E-state index contributed by atoms with van der Waals surface area (Å²) in [5.74, 6) is 0. The molecule has 0 amide bonds. The van der Waals surface area contributed by atoms with Gasteiger partial charge in [0.1, 0.15) is 0 Å². The smallest absolute Gasteiger partial charge is 0.0459 e. The van der Waals surface area contributed by atoms with Crippen LogP contribution < -0.4 is 0 Å². The van der Waals surface area contributed by atoms with E-state index in [2.05, 4.69) is 65.3 Å². The van der Waals surface area contributed by atoms with E-state index in [1.54, 1.807) is 0 Å². The van der Waals surface area contributed by atoms with Crippen molar-refractivity contribution in [3.63, 3.8) is 0 Å². The van der Waals surface area contributed by atoms with Gasteiger partial charge in [0, 0.05) is 30.8 Å². The van der Waals surface area contributed by atoms with E-state index in [1.807, 2.05) is 0 Å². The standard InChI is InChI=1S/C20H22N2/c1-15-6-7-18-13-19(21-20(18)12-15)14-22-10-8-16-4-2-3-5-17(16)9-11-22/h2-7,12-13,21H,8-11,14H2,1H3. The predicted molar refractivity (Wildman–Crippen MR) is 92.2 cm³/mol. The lowest BCUT2D eigenvalue weighted by Crippen LogP contribution is -2.26. The molecule has 2 aromatic carbocycles. The van der Waals surface area contributed by atoms with E-state index in [-0.39, 0.29) is 0 Å². The van der Waals surface area contributed by atoms with E-state index >= 15 is 0 Å². The van der Waals surface area contributed by atoms with Crippen molar-refractivity contribution < 1.29 is 0 Å². The van der Waals surface area contributed by atoms with Crippen LogP contribution in [0, 0.1) is 6.92 Å². The zero-order valence-electron chi connectivity index (χ0n) is 13.1. The minimum Gasteiger partial charge on any atom is -0.357 e. The van der Waals surface area contributed by atoms with E-state index in [0.717, 1.165) is 32.5 Å². The van der Waals surface area contributed by atoms with Crippen molar-refractivity contribution in [2.45, 2.75) is 26.3 Å². The Bertz CT molecular complexity index is 773. The fourth-order valence-electron chi connectivity index (χ4n) is 3.50. The van der Waals surface area contributed by atoms with Gasteiger partial charge in [-0.3, -0.25) is 4.90 Å². The highest BCUT2D eigenvalue weighted by Crippen LogP contribution is 2.20. The van der Waals surface area contributed by atoms with Crippen molar-refractivity contribution in [1.82, 2.24) is 9.88 Å². The van der Waals surface area contributed by atoms with Crippen LogP contribution in [0.1, 0.15) is 22.4 Å². The summed E-state index contributed by atoms with van der Waals surface area (Å²) in [6.07, 6.45) is 2.32. The fourth-order valence-corrected chi connectivity index (χ4v) is 3.50. The molecule has 1 aliphatic rings. The first kappa shape index (κ1) is 13.6. The first-order valence-corrected chi connectivity index (χ1v) is 8.15. The van der Waals surface area contributed by atoms with Gasteiger partial charge in [-0.25, -0.2) is 0 Å². The quantitative estimate of drug-likeness (QED) is 0.753. The number of fused-ring (bicyclic) bond motifs is 2. The molecule has 4 rings (SSSR count). The number of nitrogens with zero attached hydrogens (tertiary/aromatic N) is 1. The summed E-state index contributed by atoms with van der Waals surface area (Å²) in [7, 11) is 0. The normalized spacial score (nSPS) is 15.7. The van der Waals surface area contributed by atoms with Crippen molar-refractivity contribution in [3.8, 4) is 0 Å². The van der Waals surface area contributed by atoms with Crippen molar-refractivity contribution in [2.24, 2.45) is 0 Å². The monoisotopic (exact) mass is 290 g/mol. The zero-order valence-corrected chi connectivity index (χ0v) is 13.1. The molecule has 0 saturated heterocycles. The number of hydrogen-bond donors (Lipinski definition) is 1. The zero-order chi connectivity index (χ0) is 14.9. The molecule has 2 nitrogen and oxygen atoms in total. The Morgan fingerprint density at radius 3 is 2.41 bits per heavy atom. The third-order valence-corrected chi connectivity index (χ3v) is 4.74. The Morgan fingerprint density at radius 2 is 1.68 bits per heavy atom. The molecule has 1 aliphatic heterocycles. The van der Waals surface area contributed by atoms with Crippen LogP contribution in [0.4, 0.5) is 0 Å². The van der Waals surface area contributed by atoms with Gasteiger partial charge >= 0.3 is 0 Å². The molecule has 2 heterocycles. The van der Waals surface area contributed by atoms with Crippen LogP contribution >= 0.6 is 0 Å². The van der Waals surface area contributed by atoms with E-state index < -0.39 is 0 Å². The van der Waals surface area contributed by atoms with Crippen LogP contribution in [-0.4, -0.2) is 23.0 Å². The lowest BCUT2D eigenvalue weighted by Gasteiger charge is -2.18. The molecule has 0 atom stereocenters. The van der Waals surface area contributed by atoms with E-state index in [9.17, 15) is 0 Å². The van der Waals surface area contributed by atoms with Gasteiger partial charge < -0.3 is 4.98 Å². The topological polar surface area (TPSA) is 19.0 Å². The number of hydrogen-bond acceptors (Lipinski definition) is 1. The Kier molecular flexibility index (Phi) is 3.47. The third-order valence-electron chi connectivity index (χ3n) is 4.74. The highest BCUT2D eigenvalue weighted by atomic mass is 15.1. The Hall–Kier alpha value is -2.06. The van der Waals surface area contributed by atoms with Crippen LogP contribution in [-0.2, 0) is 19.4 Å². The molecule has 0 bridgehead atoms. The lowest BCUT2D eigenvalue weighted by molar-refractivity contribution is 0.276. The number of aryl methyl sites for hydroxylation is 1. The molecular weight excluding hydrogens is 268 g/mol. The Labute approximate surface area is 131 Å².